The number of methoxy groups -OCH3 is 3. The highest BCUT2D eigenvalue weighted by Gasteiger charge is 2.24. The van der Waals surface area contributed by atoms with E-state index in [1.165, 1.54) is 21.3 Å². The monoisotopic (exact) mass is 229 g/mol. The molecular weight excluding hydrogens is 217 g/mol. The van der Waals surface area contributed by atoms with Crippen molar-refractivity contribution in [3.8, 4) is 11.5 Å². The quantitative estimate of drug-likeness (QED) is 0.623. The standard InChI is InChI=1S/C10H12FNO4/c1-14-8-5(11)4-6(12)7(9(8)15-2)10(13)16-3/h4H,12H2,1-3H3. The van der Waals surface area contributed by atoms with Crippen molar-refractivity contribution in [3.63, 3.8) is 0 Å². The second-order valence-corrected chi connectivity index (χ2v) is 2.88. The normalized spacial score (nSPS) is 9.75. The molecule has 0 aromatic heterocycles. The summed E-state index contributed by atoms with van der Waals surface area (Å²) in [7, 11) is 3.73. The Bertz CT molecular complexity index is 420. The van der Waals surface area contributed by atoms with Crippen LogP contribution in [0, 0.1) is 5.82 Å². The maximum atomic E-state index is 13.4. The largest absolute Gasteiger partial charge is 0.492 e. The number of halogens is 1. The number of benzene rings is 1. The summed E-state index contributed by atoms with van der Waals surface area (Å²) in [4.78, 5) is 11.4. The van der Waals surface area contributed by atoms with Crippen LogP contribution in [0.3, 0.4) is 0 Å². The molecule has 0 aliphatic heterocycles. The van der Waals surface area contributed by atoms with E-state index in [2.05, 4.69) is 4.74 Å². The fourth-order valence-electron chi connectivity index (χ4n) is 1.32. The van der Waals surface area contributed by atoms with Gasteiger partial charge in [-0.1, -0.05) is 0 Å². The van der Waals surface area contributed by atoms with Crippen LogP contribution in [0.4, 0.5) is 10.1 Å². The Hall–Kier alpha value is -1.98. The van der Waals surface area contributed by atoms with Gasteiger partial charge in [-0.2, -0.15) is 0 Å². The van der Waals surface area contributed by atoms with Crippen LogP contribution >= 0.6 is 0 Å². The van der Waals surface area contributed by atoms with E-state index < -0.39 is 11.8 Å². The number of nitrogen functional groups attached to an aromatic ring is 1. The summed E-state index contributed by atoms with van der Waals surface area (Å²) in [5.41, 5.74) is 5.40. The minimum atomic E-state index is -0.715. The van der Waals surface area contributed by atoms with Gasteiger partial charge in [0.25, 0.3) is 0 Å². The number of rotatable bonds is 3. The fourth-order valence-corrected chi connectivity index (χ4v) is 1.32. The van der Waals surface area contributed by atoms with Gasteiger partial charge in [-0.25, -0.2) is 9.18 Å². The Morgan fingerprint density at radius 1 is 1.25 bits per heavy atom. The van der Waals surface area contributed by atoms with Crippen molar-refractivity contribution >= 4 is 11.7 Å². The zero-order valence-electron chi connectivity index (χ0n) is 9.17. The molecular formula is C10H12FNO4. The van der Waals surface area contributed by atoms with E-state index >= 15 is 0 Å². The molecule has 0 bridgehead atoms. The van der Waals surface area contributed by atoms with Crippen LogP contribution in [0.5, 0.6) is 11.5 Å². The molecule has 2 N–H and O–H groups in total. The van der Waals surface area contributed by atoms with Crippen LogP contribution in [0.1, 0.15) is 10.4 Å². The summed E-state index contributed by atoms with van der Waals surface area (Å²) in [5, 5.41) is 0. The van der Waals surface area contributed by atoms with Gasteiger partial charge in [0.1, 0.15) is 5.56 Å². The highest BCUT2D eigenvalue weighted by molar-refractivity contribution is 5.99. The molecule has 1 rings (SSSR count). The molecule has 1 aromatic carbocycles. The molecule has 0 unspecified atom stereocenters. The molecule has 0 radical (unpaired) electrons. The third-order valence-corrected chi connectivity index (χ3v) is 2.02. The summed E-state index contributed by atoms with van der Waals surface area (Å²) in [6.45, 7) is 0. The van der Waals surface area contributed by atoms with Gasteiger partial charge in [-0.15, -0.1) is 0 Å². The van der Waals surface area contributed by atoms with Gasteiger partial charge in [-0.05, 0) is 0 Å². The van der Waals surface area contributed by atoms with E-state index in [4.69, 9.17) is 15.2 Å². The van der Waals surface area contributed by atoms with E-state index in [0.29, 0.717) is 0 Å². The van der Waals surface area contributed by atoms with E-state index in [1.807, 2.05) is 0 Å². The summed E-state index contributed by atoms with van der Waals surface area (Å²) in [6.07, 6.45) is 0. The van der Waals surface area contributed by atoms with Crippen LogP contribution in [0.15, 0.2) is 6.07 Å². The predicted molar refractivity (Wildman–Crippen MR) is 55.3 cm³/mol. The average molecular weight is 229 g/mol. The maximum absolute atomic E-state index is 13.4. The minimum Gasteiger partial charge on any atom is -0.492 e. The highest BCUT2D eigenvalue weighted by Crippen LogP contribution is 2.37. The van der Waals surface area contributed by atoms with E-state index in [-0.39, 0.29) is 22.7 Å². The summed E-state index contributed by atoms with van der Waals surface area (Å²) in [6, 6.07) is 0.980. The lowest BCUT2D eigenvalue weighted by atomic mass is 10.1. The first kappa shape index (κ1) is 12.1. The van der Waals surface area contributed by atoms with Crippen molar-refractivity contribution in [1.82, 2.24) is 0 Å². The number of nitrogens with two attached hydrogens (primary N) is 1. The van der Waals surface area contributed by atoms with E-state index in [0.717, 1.165) is 6.07 Å². The van der Waals surface area contributed by atoms with Crippen LogP contribution in [-0.4, -0.2) is 27.3 Å². The van der Waals surface area contributed by atoms with Crippen molar-refractivity contribution in [2.24, 2.45) is 0 Å². The number of carbonyl (C=O) groups is 1. The Morgan fingerprint density at radius 2 is 1.81 bits per heavy atom. The number of ether oxygens (including phenoxy) is 3. The third-order valence-electron chi connectivity index (χ3n) is 2.02. The zero-order valence-corrected chi connectivity index (χ0v) is 9.17. The fraction of sp³-hybridized carbons (Fsp3) is 0.300. The minimum absolute atomic E-state index is 0.0525. The van der Waals surface area contributed by atoms with Gasteiger partial charge < -0.3 is 19.9 Å². The van der Waals surface area contributed by atoms with E-state index in [9.17, 15) is 9.18 Å². The molecule has 16 heavy (non-hydrogen) atoms. The highest BCUT2D eigenvalue weighted by atomic mass is 19.1. The molecule has 1 aromatic rings. The SMILES string of the molecule is COC(=O)c1c(N)cc(F)c(OC)c1OC. The number of carbonyl (C=O) groups excluding carboxylic acids is 1. The van der Waals surface area contributed by atoms with E-state index in [1.54, 1.807) is 0 Å². The first-order chi connectivity index (χ1) is 7.56. The lowest BCUT2D eigenvalue weighted by Gasteiger charge is -2.14. The Morgan fingerprint density at radius 3 is 2.25 bits per heavy atom. The molecule has 88 valence electrons. The molecule has 5 nitrogen and oxygen atoms in total. The van der Waals surface area contributed by atoms with Gasteiger partial charge in [0.2, 0.25) is 0 Å². The van der Waals surface area contributed by atoms with Crippen LogP contribution in [0.25, 0.3) is 0 Å². The Kier molecular flexibility index (Phi) is 3.55. The third kappa shape index (κ3) is 1.86. The molecule has 0 saturated carbocycles. The van der Waals surface area contributed by atoms with Crippen LogP contribution in [-0.2, 0) is 4.74 Å². The van der Waals surface area contributed by atoms with Crippen molar-refractivity contribution in [1.29, 1.82) is 0 Å². The van der Waals surface area contributed by atoms with Gasteiger partial charge in [0.05, 0.1) is 27.0 Å². The molecule has 6 heteroatoms. The number of anilines is 1. The first-order valence-corrected chi connectivity index (χ1v) is 4.35. The molecule has 0 saturated heterocycles. The molecule has 0 fully saturated rings. The Balaban J connectivity index is 3.52. The van der Waals surface area contributed by atoms with Crippen LogP contribution in [0.2, 0.25) is 0 Å². The summed E-state index contributed by atoms with van der Waals surface area (Å²) >= 11 is 0. The van der Waals surface area contributed by atoms with Crippen LogP contribution < -0.4 is 15.2 Å². The summed E-state index contributed by atoms with van der Waals surface area (Å²) < 4.78 is 27.6. The van der Waals surface area contributed by atoms with Crippen molar-refractivity contribution in [3.05, 3.63) is 17.4 Å². The number of esters is 1. The molecule has 0 aliphatic rings. The predicted octanol–water partition coefficient (Wildman–Crippen LogP) is 1.21. The topological polar surface area (TPSA) is 70.8 Å². The average Bonchev–Trinajstić information content (AvgIpc) is 2.27. The summed E-state index contributed by atoms with van der Waals surface area (Å²) in [5.74, 6) is -1.68. The van der Waals surface area contributed by atoms with Crippen molar-refractivity contribution in [2.75, 3.05) is 27.1 Å². The molecule has 0 heterocycles. The van der Waals surface area contributed by atoms with Gasteiger partial charge in [0, 0.05) is 6.07 Å². The number of hydrogen-bond donors (Lipinski definition) is 1. The molecule has 0 atom stereocenters. The van der Waals surface area contributed by atoms with Crippen molar-refractivity contribution < 1.29 is 23.4 Å². The van der Waals surface area contributed by atoms with Crippen molar-refractivity contribution in [2.45, 2.75) is 0 Å². The maximum Gasteiger partial charge on any atom is 0.343 e. The molecule has 0 aliphatic carbocycles. The lowest BCUT2D eigenvalue weighted by molar-refractivity contribution is 0.0597. The Labute approximate surface area is 91.9 Å². The number of hydrogen-bond acceptors (Lipinski definition) is 5. The zero-order chi connectivity index (χ0) is 12.3. The second kappa shape index (κ2) is 4.69. The smallest absolute Gasteiger partial charge is 0.343 e. The lowest BCUT2D eigenvalue weighted by Crippen LogP contribution is -2.10. The second-order valence-electron chi connectivity index (χ2n) is 2.88. The molecule has 0 spiro atoms. The van der Waals surface area contributed by atoms with Gasteiger partial charge in [0.15, 0.2) is 17.3 Å². The molecule has 0 amide bonds. The first-order valence-electron chi connectivity index (χ1n) is 4.35. The van der Waals surface area contributed by atoms with Gasteiger partial charge in [-0.3, -0.25) is 0 Å². The van der Waals surface area contributed by atoms with Gasteiger partial charge >= 0.3 is 5.97 Å².